The first kappa shape index (κ1) is 14.7. The third-order valence-electron chi connectivity index (χ3n) is 2.94. The van der Waals surface area contributed by atoms with E-state index in [1.165, 1.54) is 6.92 Å². The lowest BCUT2D eigenvalue weighted by Gasteiger charge is -2.12. The van der Waals surface area contributed by atoms with Gasteiger partial charge in [0.05, 0.1) is 6.54 Å². The van der Waals surface area contributed by atoms with E-state index >= 15 is 0 Å². The summed E-state index contributed by atoms with van der Waals surface area (Å²) in [6.07, 6.45) is 0. The van der Waals surface area contributed by atoms with Gasteiger partial charge in [0.2, 0.25) is 5.91 Å². The molecule has 2 aromatic rings. The van der Waals surface area contributed by atoms with E-state index in [0.717, 1.165) is 11.3 Å². The molecule has 0 aliphatic rings. The number of rotatable bonds is 4. The van der Waals surface area contributed by atoms with Crippen molar-refractivity contribution in [3.8, 4) is 0 Å². The normalized spacial score (nSPS) is 10.0. The van der Waals surface area contributed by atoms with Crippen molar-refractivity contribution < 1.29 is 14.8 Å². The van der Waals surface area contributed by atoms with Gasteiger partial charge in [0.25, 0.3) is 5.91 Å². The Bertz CT molecular complexity index is 624. The third kappa shape index (κ3) is 4.15. The number of hydrogen-bond donors (Lipinski definition) is 2. The van der Waals surface area contributed by atoms with E-state index in [-0.39, 0.29) is 12.5 Å². The second-order valence-electron chi connectivity index (χ2n) is 4.59. The summed E-state index contributed by atoms with van der Waals surface area (Å²) in [5.41, 5.74) is 1.98. The summed E-state index contributed by atoms with van der Waals surface area (Å²) in [6, 6.07) is 15.9. The Labute approximate surface area is 122 Å². The summed E-state index contributed by atoms with van der Waals surface area (Å²) < 4.78 is 0. The Morgan fingerprint density at radius 1 is 1.05 bits per heavy atom. The maximum absolute atomic E-state index is 12.0. The molecule has 21 heavy (non-hydrogen) atoms. The lowest BCUT2D eigenvalue weighted by atomic mass is 10.1. The van der Waals surface area contributed by atoms with Crippen LogP contribution in [0.4, 0.5) is 5.69 Å². The molecule has 0 bridgehead atoms. The molecule has 0 unspecified atom stereocenters. The fourth-order valence-electron chi connectivity index (χ4n) is 1.77. The van der Waals surface area contributed by atoms with Crippen LogP contribution in [0, 0.1) is 0 Å². The monoisotopic (exact) mass is 284 g/mol. The Kier molecular flexibility index (Phi) is 4.68. The molecule has 5 nitrogen and oxygen atoms in total. The van der Waals surface area contributed by atoms with Crippen molar-refractivity contribution in [1.82, 2.24) is 5.06 Å². The lowest BCUT2D eigenvalue weighted by molar-refractivity contribution is -0.165. The molecule has 2 aromatic carbocycles. The highest BCUT2D eigenvalue weighted by molar-refractivity contribution is 6.04. The van der Waals surface area contributed by atoms with Gasteiger partial charge in [-0.3, -0.25) is 14.8 Å². The highest BCUT2D eigenvalue weighted by atomic mass is 16.5. The van der Waals surface area contributed by atoms with E-state index in [1.807, 2.05) is 30.3 Å². The van der Waals surface area contributed by atoms with Crippen LogP contribution in [0.15, 0.2) is 54.6 Å². The molecule has 0 atom stereocenters. The predicted molar refractivity (Wildman–Crippen MR) is 78.8 cm³/mol. The molecule has 0 fully saturated rings. The molecule has 0 radical (unpaired) electrons. The number of carbonyl (C=O) groups excluding carboxylic acids is 2. The smallest absolute Gasteiger partial charge is 0.255 e. The first-order chi connectivity index (χ1) is 10.1. The van der Waals surface area contributed by atoms with Crippen molar-refractivity contribution in [3.63, 3.8) is 0 Å². The van der Waals surface area contributed by atoms with Crippen LogP contribution in [-0.2, 0) is 11.3 Å². The molecule has 0 heterocycles. The van der Waals surface area contributed by atoms with Crippen LogP contribution < -0.4 is 5.32 Å². The van der Waals surface area contributed by atoms with Crippen LogP contribution in [0.5, 0.6) is 0 Å². The zero-order valence-corrected chi connectivity index (χ0v) is 11.6. The summed E-state index contributed by atoms with van der Waals surface area (Å²) in [7, 11) is 0. The SMILES string of the molecule is CC(=O)N(O)Cc1ccc(C(=O)Nc2ccccc2)cc1. The fourth-order valence-corrected chi connectivity index (χ4v) is 1.77. The topological polar surface area (TPSA) is 69.6 Å². The van der Waals surface area contributed by atoms with E-state index in [9.17, 15) is 14.8 Å². The Balaban J connectivity index is 2.01. The Hall–Kier alpha value is -2.66. The van der Waals surface area contributed by atoms with Gasteiger partial charge >= 0.3 is 0 Å². The number of anilines is 1. The molecule has 0 spiro atoms. The summed E-state index contributed by atoms with van der Waals surface area (Å²) in [6.45, 7) is 1.37. The van der Waals surface area contributed by atoms with Gasteiger partial charge in [-0.05, 0) is 29.8 Å². The minimum atomic E-state index is -0.430. The highest BCUT2D eigenvalue weighted by Gasteiger charge is 2.08. The van der Waals surface area contributed by atoms with Crippen molar-refractivity contribution in [2.45, 2.75) is 13.5 Å². The maximum Gasteiger partial charge on any atom is 0.255 e. The van der Waals surface area contributed by atoms with Crippen molar-refractivity contribution in [1.29, 1.82) is 0 Å². The molecule has 0 saturated carbocycles. The van der Waals surface area contributed by atoms with Crippen molar-refractivity contribution in [3.05, 3.63) is 65.7 Å². The lowest BCUT2D eigenvalue weighted by Crippen LogP contribution is -2.23. The first-order valence-electron chi connectivity index (χ1n) is 6.48. The van der Waals surface area contributed by atoms with Crippen LogP contribution in [-0.4, -0.2) is 22.1 Å². The molecule has 5 heteroatoms. The largest absolute Gasteiger partial charge is 0.322 e. The van der Waals surface area contributed by atoms with Gasteiger partial charge in [0, 0.05) is 18.2 Å². The molecule has 2 amide bonds. The zero-order chi connectivity index (χ0) is 15.2. The molecular weight excluding hydrogens is 268 g/mol. The van der Waals surface area contributed by atoms with Crippen molar-refractivity contribution in [2.75, 3.05) is 5.32 Å². The molecule has 0 aliphatic heterocycles. The maximum atomic E-state index is 12.0. The zero-order valence-electron chi connectivity index (χ0n) is 11.6. The molecular formula is C16H16N2O3. The van der Waals surface area contributed by atoms with Crippen molar-refractivity contribution in [2.24, 2.45) is 0 Å². The van der Waals surface area contributed by atoms with Gasteiger partial charge in [-0.1, -0.05) is 30.3 Å². The van der Waals surface area contributed by atoms with Crippen LogP contribution >= 0.6 is 0 Å². The van der Waals surface area contributed by atoms with Gasteiger partial charge in [-0.15, -0.1) is 0 Å². The second kappa shape index (κ2) is 6.67. The van der Waals surface area contributed by atoms with E-state index in [2.05, 4.69) is 5.32 Å². The number of hydroxylamine groups is 2. The number of nitrogens with zero attached hydrogens (tertiary/aromatic N) is 1. The minimum absolute atomic E-state index is 0.0932. The first-order valence-corrected chi connectivity index (χ1v) is 6.48. The summed E-state index contributed by atoms with van der Waals surface area (Å²) in [5, 5.41) is 12.8. The standard InChI is InChI=1S/C16H16N2O3/c1-12(19)18(21)11-13-7-9-14(10-8-13)16(20)17-15-5-3-2-4-6-15/h2-10,21H,11H2,1H3,(H,17,20). The van der Waals surface area contributed by atoms with Crippen LogP contribution in [0.2, 0.25) is 0 Å². The molecule has 108 valence electrons. The van der Waals surface area contributed by atoms with Gasteiger partial charge < -0.3 is 5.32 Å². The number of amides is 2. The summed E-state index contributed by atoms with van der Waals surface area (Å²) in [4.78, 5) is 23.0. The quantitative estimate of drug-likeness (QED) is 0.670. The average Bonchev–Trinajstić information content (AvgIpc) is 2.48. The van der Waals surface area contributed by atoms with Gasteiger partial charge in [-0.25, -0.2) is 5.06 Å². The van der Waals surface area contributed by atoms with Crippen molar-refractivity contribution >= 4 is 17.5 Å². The summed E-state index contributed by atoms with van der Waals surface area (Å²) >= 11 is 0. The third-order valence-corrected chi connectivity index (χ3v) is 2.94. The van der Waals surface area contributed by atoms with Crippen LogP contribution in [0.25, 0.3) is 0 Å². The van der Waals surface area contributed by atoms with Gasteiger partial charge in [-0.2, -0.15) is 0 Å². The second-order valence-corrected chi connectivity index (χ2v) is 4.59. The number of hydrogen-bond acceptors (Lipinski definition) is 3. The average molecular weight is 284 g/mol. The molecule has 0 saturated heterocycles. The molecule has 0 aromatic heterocycles. The van der Waals surface area contributed by atoms with E-state index < -0.39 is 5.91 Å². The van der Waals surface area contributed by atoms with Gasteiger partial charge in [0.15, 0.2) is 0 Å². The minimum Gasteiger partial charge on any atom is -0.322 e. The number of para-hydroxylation sites is 1. The number of benzene rings is 2. The Morgan fingerprint density at radius 3 is 2.24 bits per heavy atom. The number of nitrogens with one attached hydrogen (secondary N) is 1. The molecule has 0 aliphatic carbocycles. The Morgan fingerprint density at radius 2 is 1.67 bits per heavy atom. The van der Waals surface area contributed by atoms with Crippen LogP contribution in [0.1, 0.15) is 22.8 Å². The fraction of sp³-hybridized carbons (Fsp3) is 0.125. The van der Waals surface area contributed by atoms with E-state index in [1.54, 1.807) is 24.3 Å². The van der Waals surface area contributed by atoms with E-state index in [0.29, 0.717) is 10.6 Å². The van der Waals surface area contributed by atoms with E-state index in [4.69, 9.17) is 0 Å². The molecule has 2 N–H and O–H groups in total. The highest BCUT2D eigenvalue weighted by Crippen LogP contribution is 2.11. The van der Waals surface area contributed by atoms with Gasteiger partial charge in [0.1, 0.15) is 0 Å². The summed E-state index contributed by atoms with van der Waals surface area (Å²) in [5.74, 6) is -0.638. The predicted octanol–water partition coefficient (Wildman–Crippen LogP) is 2.68. The van der Waals surface area contributed by atoms with Crippen LogP contribution in [0.3, 0.4) is 0 Å². The number of carbonyl (C=O) groups is 2. The molecule has 2 rings (SSSR count).